The highest BCUT2D eigenvalue weighted by Crippen LogP contribution is 2.20. The predicted molar refractivity (Wildman–Crippen MR) is 89.7 cm³/mol. The van der Waals surface area contributed by atoms with Crippen molar-refractivity contribution < 1.29 is 9.63 Å². The van der Waals surface area contributed by atoms with Gasteiger partial charge in [0.2, 0.25) is 0 Å². The van der Waals surface area contributed by atoms with Crippen LogP contribution in [0.2, 0.25) is 0 Å². The fourth-order valence-corrected chi connectivity index (χ4v) is 3.06. The van der Waals surface area contributed by atoms with Crippen molar-refractivity contribution in [2.24, 2.45) is 0 Å². The van der Waals surface area contributed by atoms with Crippen LogP contribution in [0.3, 0.4) is 0 Å². The second-order valence-electron chi connectivity index (χ2n) is 6.15. The molecule has 1 fully saturated rings. The first-order valence-corrected chi connectivity index (χ1v) is 8.89. The Labute approximate surface area is 139 Å². The molecule has 1 saturated heterocycles. The van der Waals surface area contributed by atoms with Crippen molar-refractivity contribution in [3.63, 3.8) is 0 Å². The topological polar surface area (TPSA) is 50.6 Å². The average Bonchev–Trinajstić information content (AvgIpc) is 3.21. The maximum atomic E-state index is 12.5. The van der Waals surface area contributed by atoms with Crippen LogP contribution in [-0.4, -0.2) is 57.9 Å². The maximum Gasteiger partial charge on any atom is 0.260 e. The molecule has 1 unspecified atom stereocenters. The number of likely N-dealkylation sites (tertiary alicyclic amines) is 1. The first-order valence-electron chi connectivity index (χ1n) is 8.89. The summed E-state index contributed by atoms with van der Waals surface area (Å²) in [6, 6.07) is 2.42. The Bertz CT molecular complexity index is 449. The van der Waals surface area contributed by atoms with Gasteiger partial charge < -0.3 is 0 Å². The zero-order valence-corrected chi connectivity index (χ0v) is 14.5. The standard InChI is InChI=1S/C17H30N4O2/c1-3-10-21(23-14-4-2)17(22)15-19-11-5-7-16(19)8-13-20-12-6-9-18-20/h6,9,12,16H,3-5,7-8,10-11,13-15H2,1-2H3. The minimum Gasteiger partial charge on any atom is -0.291 e. The van der Waals surface area contributed by atoms with Gasteiger partial charge in [-0.1, -0.05) is 13.8 Å². The van der Waals surface area contributed by atoms with Gasteiger partial charge in [0.15, 0.2) is 0 Å². The number of hydrogen-bond donors (Lipinski definition) is 0. The summed E-state index contributed by atoms with van der Waals surface area (Å²) in [5, 5.41) is 5.81. The molecule has 2 heterocycles. The van der Waals surface area contributed by atoms with Crippen LogP contribution in [0.25, 0.3) is 0 Å². The first kappa shape index (κ1) is 17.9. The molecule has 0 spiro atoms. The molecule has 1 aromatic heterocycles. The van der Waals surface area contributed by atoms with Crippen molar-refractivity contribution in [1.29, 1.82) is 0 Å². The van der Waals surface area contributed by atoms with Crippen molar-refractivity contribution in [2.45, 2.75) is 58.5 Å². The third kappa shape index (κ3) is 5.62. The summed E-state index contributed by atoms with van der Waals surface area (Å²) in [5.41, 5.74) is 0. The Hall–Kier alpha value is -1.40. The number of amides is 1. The molecule has 23 heavy (non-hydrogen) atoms. The summed E-state index contributed by atoms with van der Waals surface area (Å²) in [6.07, 6.45) is 9.01. The number of hydrogen-bond acceptors (Lipinski definition) is 4. The molecule has 0 bridgehead atoms. The molecule has 0 aliphatic carbocycles. The minimum absolute atomic E-state index is 0.0892. The molecule has 2 rings (SSSR count). The van der Waals surface area contributed by atoms with Crippen LogP contribution in [-0.2, 0) is 16.2 Å². The summed E-state index contributed by atoms with van der Waals surface area (Å²) in [7, 11) is 0. The van der Waals surface area contributed by atoms with E-state index in [-0.39, 0.29) is 5.91 Å². The van der Waals surface area contributed by atoms with Crippen molar-refractivity contribution in [3.05, 3.63) is 18.5 Å². The van der Waals surface area contributed by atoms with Gasteiger partial charge in [-0.15, -0.1) is 0 Å². The summed E-state index contributed by atoms with van der Waals surface area (Å²) >= 11 is 0. The molecular formula is C17H30N4O2. The number of aromatic nitrogens is 2. The molecule has 1 aliphatic heterocycles. The molecule has 0 aromatic carbocycles. The van der Waals surface area contributed by atoms with Crippen LogP contribution in [0.4, 0.5) is 0 Å². The largest absolute Gasteiger partial charge is 0.291 e. The zero-order valence-electron chi connectivity index (χ0n) is 14.5. The number of carbonyl (C=O) groups excluding carboxylic acids is 1. The third-order valence-electron chi connectivity index (χ3n) is 4.24. The molecule has 0 radical (unpaired) electrons. The second kappa shape index (κ2) is 9.67. The Morgan fingerprint density at radius 2 is 2.26 bits per heavy atom. The quantitative estimate of drug-likeness (QED) is 0.620. The number of nitrogens with zero attached hydrogens (tertiary/aromatic N) is 4. The zero-order chi connectivity index (χ0) is 16.5. The fourth-order valence-electron chi connectivity index (χ4n) is 3.06. The van der Waals surface area contributed by atoms with Gasteiger partial charge in [-0.2, -0.15) is 5.10 Å². The van der Waals surface area contributed by atoms with E-state index in [1.165, 1.54) is 6.42 Å². The highest BCUT2D eigenvalue weighted by atomic mass is 16.7. The molecular weight excluding hydrogens is 292 g/mol. The molecule has 6 heteroatoms. The Morgan fingerprint density at radius 3 is 2.96 bits per heavy atom. The molecule has 1 aliphatic rings. The molecule has 130 valence electrons. The highest BCUT2D eigenvalue weighted by molar-refractivity contribution is 5.77. The molecule has 6 nitrogen and oxygen atoms in total. The summed E-state index contributed by atoms with van der Waals surface area (Å²) in [6.45, 7) is 7.78. The van der Waals surface area contributed by atoms with E-state index in [1.807, 2.05) is 23.1 Å². The number of rotatable bonds is 10. The van der Waals surface area contributed by atoms with Gasteiger partial charge >= 0.3 is 0 Å². The fraction of sp³-hybridized carbons (Fsp3) is 0.765. The van der Waals surface area contributed by atoms with Crippen LogP contribution in [0.15, 0.2) is 18.5 Å². The van der Waals surface area contributed by atoms with Crippen LogP contribution in [0.5, 0.6) is 0 Å². The van der Waals surface area contributed by atoms with Crippen LogP contribution in [0, 0.1) is 0 Å². The normalized spacial score (nSPS) is 18.4. The van der Waals surface area contributed by atoms with E-state index in [2.05, 4.69) is 23.8 Å². The van der Waals surface area contributed by atoms with E-state index in [0.29, 0.717) is 25.7 Å². The van der Waals surface area contributed by atoms with Crippen LogP contribution >= 0.6 is 0 Å². The first-order chi connectivity index (χ1) is 11.2. The molecule has 0 saturated carbocycles. The summed E-state index contributed by atoms with van der Waals surface area (Å²) < 4.78 is 1.96. The monoisotopic (exact) mass is 322 g/mol. The molecule has 1 aromatic rings. The van der Waals surface area contributed by atoms with Crippen LogP contribution < -0.4 is 0 Å². The van der Waals surface area contributed by atoms with Gasteiger partial charge in [-0.25, -0.2) is 5.06 Å². The SMILES string of the molecule is CCCON(CCC)C(=O)CN1CCCC1CCn1cccn1. The third-order valence-corrected chi connectivity index (χ3v) is 4.24. The van der Waals surface area contributed by atoms with E-state index in [1.54, 1.807) is 5.06 Å². The lowest BCUT2D eigenvalue weighted by atomic mass is 10.1. The highest BCUT2D eigenvalue weighted by Gasteiger charge is 2.27. The van der Waals surface area contributed by atoms with E-state index in [0.717, 1.165) is 38.8 Å². The van der Waals surface area contributed by atoms with Gasteiger partial charge in [0, 0.05) is 31.5 Å². The van der Waals surface area contributed by atoms with E-state index in [9.17, 15) is 4.79 Å². The number of aryl methyl sites for hydroxylation is 1. The lowest BCUT2D eigenvalue weighted by molar-refractivity contribution is -0.188. The molecule has 1 atom stereocenters. The van der Waals surface area contributed by atoms with Crippen LogP contribution in [0.1, 0.15) is 46.0 Å². The average molecular weight is 322 g/mol. The Morgan fingerprint density at radius 1 is 1.39 bits per heavy atom. The lowest BCUT2D eigenvalue weighted by Gasteiger charge is -2.27. The van der Waals surface area contributed by atoms with E-state index < -0.39 is 0 Å². The van der Waals surface area contributed by atoms with Gasteiger partial charge in [-0.3, -0.25) is 19.2 Å². The Kier molecular flexibility index (Phi) is 7.55. The molecule has 0 N–H and O–H groups in total. The van der Waals surface area contributed by atoms with Crippen molar-refractivity contribution >= 4 is 5.91 Å². The second-order valence-corrected chi connectivity index (χ2v) is 6.15. The maximum absolute atomic E-state index is 12.5. The van der Waals surface area contributed by atoms with Gasteiger partial charge in [0.05, 0.1) is 13.2 Å². The summed E-state index contributed by atoms with van der Waals surface area (Å²) in [4.78, 5) is 20.4. The van der Waals surface area contributed by atoms with Gasteiger partial charge in [-0.05, 0) is 44.7 Å². The molecule has 1 amide bonds. The smallest absolute Gasteiger partial charge is 0.260 e. The van der Waals surface area contributed by atoms with Crippen molar-refractivity contribution in [1.82, 2.24) is 19.7 Å². The summed E-state index contributed by atoms with van der Waals surface area (Å²) in [5.74, 6) is 0.0892. The van der Waals surface area contributed by atoms with Gasteiger partial charge in [0.1, 0.15) is 0 Å². The lowest BCUT2D eigenvalue weighted by Crippen LogP contribution is -2.43. The number of carbonyl (C=O) groups is 1. The van der Waals surface area contributed by atoms with E-state index in [4.69, 9.17) is 4.84 Å². The van der Waals surface area contributed by atoms with Gasteiger partial charge in [0.25, 0.3) is 5.91 Å². The van der Waals surface area contributed by atoms with Crippen molar-refractivity contribution in [3.8, 4) is 0 Å². The Balaban J connectivity index is 1.82. The predicted octanol–water partition coefficient (Wildman–Crippen LogP) is 2.32. The minimum atomic E-state index is 0.0892. The number of hydroxylamine groups is 2. The van der Waals surface area contributed by atoms with E-state index >= 15 is 0 Å². The van der Waals surface area contributed by atoms with Crippen molar-refractivity contribution in [2.75, 3.05) is 26.2 Å².